The van der Waals surface area contributed by atoms with Gasteiger partial charge in [-0.25, -0.2) is 0 Å². The number of carbonyl (C=O) groups is 1. The summed E-state index contributed by atoms with van der Waals surface area (Å²) in [5, 5.41) is 8.70. The fraction of sp³-hybridized carbons (Fsp3) is 0.864. The molecule has 4 rings (SSSR count). The van der Waals surface area contributed by atoms with Crippen LogP contribution in [-0.4, -0.2) is 66.1 Å². The number of hydrogen-bond acceptors (Lipinski definition) is 8. The Kier molecular flexibility index (Phi) is 7.09. The maximum atomic E-state index is 11.1. The van der Waals surface area contributed by atoms with Crippen molar-refractivity contribution in [3.63, 3.8) is 0 Å². The molecule has 0 radical (unpaired) electrons. The quantitative estimate of drug-likeness (QED) is 0.668. The summed E-state index contributed by atoms with van der Waals surface area (Å²) in [5.74, 6) is -0.851. The molecule has 0 aromatic carbocycles. The number of ketones is 1. The lowest BCUT2D eigenvalue weighted by molar-refractivity contribution is -0.210. The van der Waals surface area contributed by atoms with Gasteiger partial charge in [-0.3, -0.25) is 4.79 Å². The second kappa shape index (κ2) is 8.94. The van der Waals surface area contributed by atoms with Gasteiger partial charge in [-0.05, 0) is 34.1 Å². The van der Waals surface area contributed by atoms with Gasteiger partial charge in [0, 0.05) is 18.3 Å². The highest BCUT2D eigenvalue weighted by Gasteiger charge is 2.53. The minimum absolute atomic E-state index is 0.0787. The van der Waals surface area contributed by atoms with Gasteiger partial charge in [0.15, 0.2) is 29.9 Å². The fourth-order valence-electron chi connectivity index (χ4n) is 4.41. The van der Waals surface area contributed by atoms with E-state index in [0.29, 0.717) is 5.92 Å². The molecular weight excluding hydrogens is 392 g/mol. The third-order valence-electron chi connectivity index (χ3n) is 6.01. The van der Waals surface area contributed by atoms with Gasteiger partial charge in [0.2, 0.25) is 0 Å². The largest absolute Gasteiger partial charge is 0.389 e. The first-order chi connectivity index (χ1) is 14.0. The minimum Gasteiger partial charge on any atom is -0.389 e. The van der Waals surface area contributed by atoms with Gasteiger partial charge in [0.1, 0.15) is 18.8 Å². The van der Waals surface area contributed by atoms with Crippen molar-refractivity contribution < 1.29 is 38.3 Å². The Morgan fingerprint density at radius 2 is 1.37 bits per heavy atom. The predicted octanol–water partition coefficient (Wildman–Crippen LogP) is 2.53. The van der Waals surface area contributed by atoms with Gasteiger partial charge in [-0.1, -0.05) is 19.9 Å². The van der Waals surface area contributed by atoms with Crippen LogP contribution in [0.15, 0.2) is 12.7 Å². The third kappa shape index (κ3) is 5.12. The topological polar surface area (TPSA) is 92.7 Å². The van der Waals surface area contributed by atoms with E-state index in [1.165, 1.54) is 0 Å². The molecule has 0 spiro atoms. The van der Waals surface area contributed by atoms with Gasteiger partial charge in [-0.2, -0.15) is 0 Å². The Hall–Kier alpha value is -0.870. The van der Waals surface area contributed by atoms with Crippen LogP contribution in [0.4, 0.5) is 0 Å². The van der Waals surface area contributed by atoms with Gasteiger partial charge < -0.3 is 33.5 Å². The highest BCUT2D eigenvalue weighted by atomic mass is 16.8. The number of fused-ring (bicyclic) bond motifs is 2. The zero-order valence-corrected chi connectivity index (χ0v) is 18.8. The summed E-state index contributed by atoms with van der Waals surface area (Å²) in [6.07, 6.45) is 2.32. The normalized spacial score (nSPS) is 42.9. The molecule has 0 amide bonds. The molecule has 4 heterocycles. The zero-order valence-electron chi connectivity index (χ0n) is 18.8. The first-order valence-electron chi connectivity index (χ1n) is 10.7. The van der Waals surface area contributed by atoms with Crippen molar-refractivity contribution in [3.05, 3.63) is 12.7 Å². The Bertz CT molecular complexity index is 633. The number of ether oxygens (including phenoxy) is 6. The standard InChI is InChI=1S/C11H18O5.C11H18O3/c1-6-8(4-7(13)5-12)14-10-9(6)15-11(2,3)16-10;1-5-6-8-7(2)9-10(12-8)14-11(3,4)13-9/h6,8-10,12H,4-5H2,1-3H3;5,7-10H,1,6H2,2-4H3/t6-,8+,9+,10+;7-,8+,9+,10+/m00/s1. The molecule has 172 valence electrons. The molecule has 4 aliphatic heterocycles. The average Bonchev–Trinajstić information content (AvgIpc) is 3.29. The van der Waals surface area contributed by atoms with Gasteiger partial charge in [-0.15, -0.1) is 6.58 Å². The zero-order chi connectivity index (χ0) is 22.3. The van der Waals surface area contributed by atoms with E-state index in [4.69, 9.17) is 33.5 Å². The smallest absolute Gasteiger partial charge is 0.187 e. The number of aliphatic hydroxyl groups excluding tert-OH is 1. The van der Waals surface area contributed by atoms with E-state index in [2.05, 4.69) is 13.5 Å². The number of Topliss-reactive ketones (excluding diaryl/α,β-unsaturated/α-hetero) is 1. The monoisotopic (exact) mass is 428 g/mol. The van der Waals surface area contributed by atoms with Crippen LogP contribution in [0, 0.1) is 11.8 Å². The van der Waals surface area contributed by atoms with Crippen molar-refractivity contribution in [1.82, 2.24) is 0 Å². The summed E-state index contributed by atoms with van der Waals surface area (Å²) in [5.41, 5.74) is 0. The van der Waals surface area contributed by atoms with E-state index in [0.717, 1.165) is 6.42 Å². The van der Waals surface area contributed by atoms with Crippen LogP contribution in [0.25, 0.3) is 0 Å². The van der Waals surface area contributed by atoms with Crippen LogP contribution in [0.2, 0.25) is 0 Å². The number of aliphatic hydroxyl groups is 1. The molecule has 1 N–H and O–H groups in total. The Morgan fingerprint density at radius 3 is 1.80 bits per heavy atom. The van der Waals surface area contributed by atoms with Crippen molar-refractivity contribution in [2.45, 2.75) is 103 Å². The molecule has 0 aliphatic carbocycles. The van der Waals surface area contributed by atoms with E-state index in [9.17, 15) is 4.79 Å². The second-order valence-electron chi connectivity index (χ2n) is 9.43. The molecule has 0 aromatic heterocycles. The molecule has 8 heteroatoms. The lowest BCUT2D eigenvalue weighted by Gasteiger charge is -2.23. The van der Waals surface area contributed by atoms with Gasteiger partial charge in [0.25, 0.3) is 0 Å². The van der Waals surface area contributed by atoms with Crippen LogP contribution >= 0.6 is 0 Å². The highest BCUT2D eigenvalue weighted by Crippen LogP contribution is 2.42. The minimum atomic E-state index is -0.616. The lowest BCUT2D eigenvalue weighted by atomic mass is 9.97. The molecular formula is C22H36O8. The first-order valence-corrected chi connectivity index (χ1v) is 10.7. The molecule has 0 bridgehead atoms. The van der Waals surface area contributed by atoms with Crippen LogP contribution < -0.4 is 0 Å². The Morgan fingerprint density at radius 1 is 0.900 bits per heavy atom. The molecule has 30 heavy (non-hydrogen) atoms. The van der Waals surface area contributed by atoms with Crippen LogP contribution in [0.3, 0.4) is 0 Å². The van der Waals surface area contributed by atoms with Crippen molar-refractivity contribution in [1.29, 1.82) is 0 Å². The maximum Gasteiger partial charge on any atom is 0.187 e. The fourth-order valence-corrected chi connectivity index (χ4v) is 4.41. The van der Waals surface area contributed by atoms with Crippen molar-refractivity contribution in [3.8, 4) is 0 Å². The Labute approximate surface area is 178 Å². The second-order valence-corrected chi connectivity index (χ2v) is 9.43. The van der Waals surface area contributed by atoms with Crippen LogP contribution in [0.1, 0.15) is 54.4 Å². The summed E-state index contributed by atoms with van der Waals surface area (Å²) >= 11 is 0. The van der Waals surface area contributed by atoms with Crippen molar-refractivity contribution in [2.75, 3.05) is 6.61 Å². The SMILES string of the molecule is C=CC[C@H]1O[C@@H]2OC(C)(C)O[C@@H]2[C@H]1C.C[C@@H]1[C@H]2OC(C)(C)O[C@H]2O[C@@H]1CC(=O)CO. The van der Waals surface area contributed by atoms with E-state index in [1.807, 2.05) is 40.7 Å². The summed E-state index contributed by atoms with van der Waals surface area (Å²) in [4.78, 5) is 11.1. The summed E-state index contributed by atoms with van der Waals surface area (Å²) in [7, 11) is 0. The molecule has 4 saturated heterocycles. The molecule has 0 unspecified atom stereocenters. The number of carbonyl (C=O) groups excluding carboxylic acids is 1. The molecule has 0 aromatic rings. The van der Waals surface area contributed by atoms with Gasteiger partial charge in [0.05, 0.1) is 12.2 Å². The lowest BCUT2D eigenvalue weighted by Crippen LogP contribution is -2.30. The number of rotatable bonds is 5. The van der Waals surface area contributed by atoms with Crippen LogP contribution in [0.5, 0.6) is 0 Å². The van der Waals surface area contributed by atoms with E-state index in [-0.39, 0.29) is 55.1 Å². The molecule has 8 nitrogen and oxygen atoms in total. The maximum absolute atomic E-state index is 11.1. The molecule has 4 fully saturated rings. The average molecular weight is 429 g/mol. The Balaban J connectivity index is 0.000000172. The van der Waals surface area contributed by atoms with Crippen molar-refractivity contribution in [2.24, 2.45) is 11.8 Å². The van der Waals surface area contributed by atoms with E-state index >= 15 is 0 Å². The third-order valence-corrected chi connectivity index (χ3v) is 6.01. The summed E-state index contributed by atoms with van der Waals surface area (Å²) < 4.78 is 34.1. The molecule has 4 aliphatic rings. The molecule has 0 saturated carbocycles. The van der Waals surface area contributed by atoms with Gasteiger partial charge >= 0.3 is 0 Å². The summed E-state index contributed by atoms with van der Waals surface area (Å²) in [6.45, 7) is 14.9. The first kappa shape index (κ1) is 23.8. The predicted molar refractivity (Wildman–Crippen MR) is 107 cm³/mol. The van der Waals surface area contributed by atoms with Crippen LogP contribution in [-0.2, 0) is 33.2 Å². The molecule has 8 atom stereocenters. The van der Waals surface area contributed by atoms with Crippen molar-refractivity contribution >= 4 is 5.78 Å². The van der Waals surface area contributed by atoms with E-state index < -0.39 is 18.2 Å². The number of hydrogen-bond donors (Lipinski definition) is 1. The van der Waals surface area contributed by atoms with E-state index in [1.54, 1.807) is 0 Å². The summed E-state index contributed by atoms with van der Waals surface area (Å²) in [6, 6.07) is 0. The highest BCUT2D eigenvalue weighted by molar-refractivity contribution is 5.79.